The van der Waals surface area contributed by atoms with E-state index in [-0.39, 0.29) is 105 Å². The third-order valence-electron chi connectivity index (χ3n) is 17.2. The minimum absolute atomic E-state index is 0.0369. The number of amides is 7. The maximum absolute atomic E-state index is 14.5. The summed E-state index contributed by atoms with van der Waals surface area (Å²) >= 11 is 0. The molecule has 1 aromatic carbocycles. The van der Waals surface area contributed by atoms with Gasteiger partial charge >= 0.3 is 11.9 Å². The number of fused-ring (bicyclic) bond motifs is 8. The Morgan fingerprint density at radius 2 is 1.33 bits per heavy atom. The zero-order valence-electron chi connectivity index (χ0n) is 53.7. The van der Waals surface area contributed by atoms with Crippen LogP contribution in [-0.2, 0) is 66.1 Å². The number of carboxylic acids is 1. The van der Waals surface area contributed by atoms with Crippen molar-refractivity contribution in [2.24, 2.45) is 16.5 Å². The summed E-state index contributed by atoms with van der Waals surface area (Å²) in [4.78, 5) is 158. The molecule has 7 amide bonds. The highest BCUT2D eigenvalue weighted by atomic mass is 32.2. The number of aliphatic imine (C=N–C) groups is 1. The van der Waals surface area contributed by atoms with Crippen LogP contribution >= 0.6 is 0 Å². The Morgan fingerprint density at radius 3 is 1.99 bits per heavy atom. The fraction of sp³-hybridized carbons (Fsp3) is 0.484. The first-order valence-corrected chi connectivity index (χ1v) is 32.8. The van der Waals surface area contributed by atoms with Crippen molar-refractivity contribution >= 4 is 97.2 Å². The molecule has 3 aromatic heterocycles. The van der Waals surface area contributed by atoms with Gasteiger partial charge in [0, 0.05) is 95.4 Å². The van der Waals surface area contributed by atoms with Gasteiger partial charge in [0.05, 0.1) is 54.5 Å². The van der Waals surface area contributed by atoms with Crippen LogP contribution in [0.15, 0.2) is 53.5 Å². The van der Waals surface area contributed by atoms with E-state index in [1.54, 1.807) is 37.3 Å². The number of nitrogens with zero attached hydrogens (tertiary/aromatic N) is 3. The number of esters is 1. The van der Waals surface area contributed by atoms with E-state index in [9.17, 15) is 66.0 Å². The van der Waals surface area contributed by atoms with E-state index in [1.165, 1.54) is 14.0 Å². The summed E-state index contributed by atoms with van der Waals surface area (Å²) in [7, 11) is -3.28. The molecule has 506 valence electrons. The Kier molecular flexibility index (Phi) is 24.7. The number of aryl methyl sites for hydroxylation is 2. The Morgan fingerprint density at radius 1 is 0.723 bits per heavy atom. The average molecular weight is 1320 g/mol. The number of benzene rings is 1. The number of nitrogens with one attached hydrogen (secondary N) is 9. The lowest BCUT2D eigenvalue weighted by atomic mass is 9.85. The molecule has 0 radical (unpaired) electrons. The molecule has 4 aromatic rings. The van der Waals surface area contributed by atoms with Crippen LogP contribution in [0, 0.1) is 13.8 Å². The van der Waals surface area contributed by atoms with E-state index in [0.29, 0.717) is 68.0 Å². The van der Waals surface area contributed by atoms with Crippen molar-refractivity contribution in [2.75, 3.05) is 39.0 Å². The van der Waals surface area contributed by atoms with Crippen LogP contribution in [0.3, 0.4) is 0 Å². The number of unbranched alkanes of at least 4 members (excludes halogenated alkanes) is 1. The molecule has 30 heteroatoms. The summed E-state index contributed by atoms with van der Waals surface area (Å²) in [5, 5.41) is 27.9. The van der Waals surface area contributed by atoms with Crippen LogP contribution in [0.2, 0.25) is 0 Å². The number of methoxy groups -OCH3 is 1. The van der Waals surface area contributed by atoms with Gasteiger partial charge in [-0.15, -0.1) is 0 Å². The van der Waals surface area contributed by atoms with Gasteiger partial charge in [0.25, 0.3) is 16.0 Å². The molecule has 7 rings (SSSR count). The van der Waals surface area contributed by atoms with Crippen molar-refractivity contribution in [2.45, 2.75) is 160 Å². The number of carboxylic acid groups (broad SMARTS) is 1. The smallest absolute Gasteiger partial charge is 0.310 e. The first-order chi connectivity index (χ1) is 44.6. The van der Waals surface area contributed by atoms with Gasteiger partial charge in [0.1, 0.15) is 24.2 Å². The number of ether oxygens (including phenoxy) is 1. The first kappa shape index (κ1) is 71.9. The molecule has 0 saturated carbocycles. The molecular formula is C64H84N14O15S. The van der Waals surface area contributed by atoms with Gasteiger partial charge in [0.15, 0.2) is 11.7 Å². The summed E-state index contributed by atoms with van der Waals surface area (Å²) in [5.41, 5.74) is 17.4. The number of hydrogen-bond acceptors (Lipinski definition) is 16. The van der Waals surface area contributed by atoms with E-state index in [4.69, 9.17) is 26.2 Å². The Bertz CT molecular complexity index is 3880. The molecule has 0 aliphatic carbocycles. The predicted octanol–water partition coefficient (Wildman–Crippen LogP) is 2.56. The van der Waals surface area contributed by atoms with Gasteiger partial charge in [-0.05, 0) is 101 Å². The molecule has 15 N–H and O–H groups in total. The molecule has 3 aliphatic rings. The van der Waals surface area contributed by atoms with E-state index < -0.39 is 131 Å². The third-order valence-corrected chi connectivity index (χ3v) is 17.9. The summed E-state index contributed by atoms with van der Waals surface area (Å²) in [6.45, 7) is 9.94. The van der Waals surface area contributed by atoms with Crippen LogP contribution in [0.5, 0.6) is 0 Å². The highest BCUT2D eigenvalue weighted by Crippen LogP contribution is 2.44. The average Bonchev–Trinajstić information content (AvgIpc) is 1.61. The minimum atomic E-state index is -4.49. The number of hydrogen-bond donors (Lipinski definition) is 13. The maximum Gasteiger partial charge on any atom is 0.310 e. The highest BCUT2D eigenvalue weighted by molar-refractivity contribution is 7.85. The Balaban J connectivity index is 1.20. The molecule has 8 bridgehead atoms. The number of ketones is 1. The van der Waals surface area contributed by atoms with Crippen LogP contribution in [-0.4, -0.2) is 166 Å². The molecule has 3 aliphatic heterocycles. The van der Waals surface area contributed by atoms with Crippen molar-refractivity contribution < 1.29 is 70.8 Å². The van der Waals surface area contributed by atoms with Gasteiger partial charge in [-0.1, -0.05) is 51.1 Å². The molecule has 94 heavy (non-hydrogen) atoms. The molecule has 29 nitrogen and oxygen atoms in total. The number of rotatable bonds is 24. The van der Waals surface area contributed by atoms with Crippen molar-refractivity contribution in [3.05, 3.63) is 105 Å². The number of H-pyrrole nitrogens is 2. The number of carbonyl (C=O) groups excluding carboxylic acids is 9. The number of nitrogens with two attached hydrogens (primary N) is 2. The maximum atomic E-state index is 14.5. The Labute approximate surface area is 543 Å². The molecule has 1 saturated heterocycles. The topological polar surface area (TPSA) is 460 Å². The number of guanidine groups is 1. The minimum Gasteiger partial charge on any atom is -0.481 e. The van der Waals surface area contributed by atoms with Crippen molar-refractivity contribution in [3.8, 4) is 0 Å². The molecule has 8 atom stereocenters. The highest BCUT2D eigenvalue weighted by Gasteiger charge is 2.37. The van der Waals surface area contributed by atoms with E-state index >= 15 is 0 Å². The monoisotopic (exact) mass is 1320 g/mol. The van der Waals surface area contributed by atoms with Crippen molar-refractivity contribution in [3.63, 3.8) is 0 Å². The number of aromatic amines is 2. The van der Waals surface area contributed by atoms with E-state index in [2.05, 4.69) is 52.2 Å². The van der Waals surface area contributed by atoms with Crippen LogP contribution < -0.4 is 48.7 Å². The van der Waals surface area contributed by atoms with Crippen LogP contribution in [0.25, 0.3) is 22.1 Å². The van der Waals surface area contributed by atoms with E-state index in [1.807, 2.05) is 45.9 Å². The molecule has 1 fully saturated rings. The summed E-state index contributed by atoms with van der Waals surface area (Å²) < 4.78 is 38.4. The molecular weight excluding hydrogens is 1240 g/mol. The Hall–Kier alpha value is -9.58. The number of carbonyl (C=O) groups is 10. The SMILES string of the molecule is CC[C@H]1c2cc3[nH]c(c(CC(=O)OC)c4nc(cc5[nH]c(cc(n2)[C@@H]1C)c(C(C)=O)c5C)[C@@H](C)[C@@H]4CCC(=O)NCCCC[C@@H]1NC(=O)[C@@H](Cc2ccccc2)NC(=O)[C@H](CC(=O)O)NC(=O)CNC(=O)[C@H](CCCN=C(N)N)NC1=O)c(C(=O)NCCS(=O)(=O)O)c3C. The van der Waals surface area contributed by atoms with Gasteiger partial charge in [0.2, 0.25) is 35.4 Å². The standard InChI is InChI=1S/C64H84N14O15S/c1-8-38-32(2)43-29-48-55(36(6)79)34(4)45(72-48)27-44-33(3)39(57(74-44)40(26-54(84)93-7)58-56(63(89)68-23-24-94(90,91)92)35(5)46(75-58)28-47(38)71-43)19-20-51(80)67-21-13-12-17-42-60(86)76-41(18-14-22-69-64(65)66)59(85)70-31-52(81)73-50(30-53(82)83)62(88)78-49(61(87)77-42)25-37-15-10-9-11-16-37/h9-11,15-16,27-29,32-33,38-39,41-42,49-50,72,75H,8,12-14,17-26,30-31H2,1-7H3,(H,67,80)(H,68,89)(H,70,85)(H,73,81)(H,76,86)(H,77,87)(H,78,88)(H,82,83)(H4,65,66,69)(H,90,91,92)/t32-,33+,38-,39+,41+,42+,49-,50+/m1/s1. The number of Topliss-reactive ketones (excluding diaryl/α,β-unsaturated/α-hetero) is 1. The summed E-state index contributed by atoms with van der Waals surface area (Å²) in [6, 6.07) is 8.30. The molecule has 0 unspecified atom stereocenters. The van der Waals surface area contributed by atoms with Crippen molar-refractivity contribution in [1.82, 2.24) is 57.2 Å². The summed E-state index contributed by atoms with van der Waals surface area (Å²) in [6.07, 6.45) is -0.191. The van der Waals surface area contributed by atoms with Crippen molar-refractivity contribution in [1.29, 1.82) is 0 Å². The second-order valence-electron chi connectivity index (χ2n) is 23.9. The number of aliphatic carboxylic acids is 1. The zero-order chi connectivity index (χ0) is 68.7. The van der Waals surface area contributed by atoms with Gasteiger partial charge in [-0.25, -0.2) is 0 Å². The third kappa shape index (κ3) is 18.8. The van der Waals surface area contributed by atoms with Gasteiger partial charge in [-0.2, -0.15) is 8.42 Å². The fourth-order valence-corrected chi connectivity index (χ4v) is 12.5. The van der Waals surface area contributed by atoms with Gasteiger partial charge in [-0.3, -0.25) is 67.5 Å². The second-order valence-corrected chi connectivity index (χ2v) is 25.4. The quantitative estimate of drug-likeness (QED) is 0.0120. The second kappa shape index (κ2) is 32.3. The normalized spacial score (nSPS) is 20.4. The first-order valence-electron chi connectivity index (χ1n) is 31.2. The number of aromatic nitrogens is 4. The lowest BCUT2D eigenvalue weighted by molar-refractivity contribution is -0.141. The fourth-order valence-electron chi connectivity index (χ4n) is 12.1. The zero-order valence-corrected chi connectivity index (χ0v) is 54.5. The predicted molar refractivity (Wildman–Crippen MR) is 347 cm³/mol. The van der Waals surface area contributed by atoms with E-state index in [0.717, 1.165) is 0 Å². The summed E-state index contributed by atoms with van der Waals surface area (Å²) in [5.74, 6) is -10.2. The molecule has 0 spiro atoms. The van der Waals surface area contributed by atoms with Gasteiger partial charge < -0.3 is 68.5 Å². The lowest BCUT2D eigenvalue weighted by Gasteiger charge is -2.26. The lowest BCUT2D eigenvalue weighted by Crippen LogP contribution is -2.58. The molecule has 6 heterocycles. The van der Waals surface area contributed by atoms with Crippen LogP contribution in [0.1, 0.15) is 175 Å². The largest absolute Gasteiger partial charge is 0.481 e. The van der Waals surface area contributed by atoms with Crippen LogP contribution in [0.4, 0.5) is 0 Å².